The van der Waals surface area contributed by atoms with E-state index in [0.717, 1.165) is 29.6 Å². The lowest BCUT2D eigenvalue weighted by atomic mass is 10.0. The maximum atomic E-state index is 12.4. The SMILES string of the molecule is CCc1cc2cc(C(=O)CN3CCOCC3)ccc2[nH]c1=O. The van der Waals surface area contributed by atoms with E-state index in [-0.39, 0.29) is 11.3 Å². The maximum absolute atomic E-state index is 12.4. The number of hydrogen-bond acceptors (Lipinski definition) is 4. The molecule has 116 valence electrons. The number of aryl methyl sites for hydroxylation is 1. The molecule has 1 fully saturated rings. The van der Waals surface area contributed by atoms with Gasteiger partial charge in [0.25, 0.3) is 5.56 Å². The highest BCUT2D eigenvalue weighted by molar-refractivity contribution is 6.00. The van der Waals surface area contributed by atoms with Crippen LogP contribution in [-0.4, -0.2) is 48.5 Å². The predicted octanol–water partition coefficient (Wildman–Crippen LogP) is 1.61. The number of carbonyl (C=O) groups excluding carboxylic acids is 1. The maximum Gasteiger partial charge on any atom is 0.251 e. The molecule has 1 saturated heterocycles. The number of rotatable bonds is 4. The number of benzene rings is 1. The van der Waals surface area contributed by atoms with E-state index in [1.54, 1.807) is 6.07 Å². The molecule has 5 heteroatoms. The highest BCUT2D eigenvalue weighted by Crippen LogP contribution is 2.15. The quantitative estimate of drug-likeness (QED) is 0.871. The van der Waals surface area contributed by atoms with Crippen molar-refractivity contribution >= 4 is 16.7 Å². The minimum atomic E-state index is -0.0533. The summed E-state index contributed by atoms with van der Waals surface area (Å²) < 4.78 is 5.29. The molecular formula is C17H20N2O3. The van der Waals surface area contributed by atoms with Crippen molar-refractivity contribution in [3.8, 4) is 0 Å². The van der Waals surface area contributed by atoms with Gasteiger partial charge in [-0.1, -0.05) is 6.92 Å². The second kappa shape index (κ2) is 6.42. The zero-order valence-corrected chi connectivity index (χ0v) is 12.7. The van der Waals surface area contributed by atoms with E-state index in [9.17, 15) is 9.59 Å². The van der Waals surface area contributed by atoms with E-state index >= 15 is 0 Å². The van der Waals surface area contributed by atoms with Crippen molar-refractivity contribution < 1.29 is 9.53 Å². The molecule has 0 atom stereocenters. The number of hydrogen-bond donors (Lipinski definition) is 1. The molecule has 1 aliphatic rings. The zero-order valence-electron chi connectivity index (χ0n) is 12.7. The number of nitrogens with zero attached hydrogens (tertiary/aromatic N) is 1. The molecule has 0 saturated carbocycles. The number of carbonyl (C=O) groups is 1. The van der Waals surface area contributed by atoms with Crippen LogP contribution >= 0.6 is 0 Å². The number of fused-ring (bicyclic) bond motifs is 1. The first-order valence-corrected chi connectivity index (χ1v) is 7.66. The lowest BCUT2D eigenvalue weighted by molar-refractivity contribution is 0.0371. The molecule has 1 aliphatic heterocycles. The second-order valence-corrected chi connectivity index (χ2v) is 5.59. The molecule has 0 radical (unpaired) electrons. The van der Waals surface area contributed by atoms with Gasteiger partial charge in [0.1, 0.15) is 0 Å². The summed E-state index contributed by atoms with van der Waals surface area (Å²) in [5, 5.41) is 0.907. The van der Waals surface area contributed by atoms with Gasteiger partial charge in [-0.05, 0) is 36.1 Å². The fourth-order valence-electron chi connectivity index (χ4n) is 2.74. The van der Waals surface area contributed by atoms with E-state index < -0.39 is 0 Å². The van der Waals surface area contributed by atoms with Gasteiger partial charge in [0.2, 0.25) is 0 Å². The summed E-state index contributed by atoms with van der Waals surface area (Å²) in [5.74, 6) is 0.105. The Balaban J connectivity index is 1.85. The average molecular weight is 300 g/mol. The minimum Gasteiger partial charge on any atom is -0.379 e. The number of morpholine rings is 1. The standard InChI is InChI=1S/C17H20N2O3/c1-2-12-9-14-10-13(3-4-15(14)18-17(12)21)16(20)11-19-5-7-22-8-6-19/h3-4,9-10H,2,5-8,11H2,1H3,(H,18,21). The van der Waals surface area contributed by atoms with Gasteiger partial charge in [-0.3, -0.25) is 14.5 Å². The number of pyridine rings is 1. The molecule has 0 aliphatic carbocycles. The molecule has 5 nitrogen and oxygen atoms in total. The number of ether oxygens (including phenoxy) is 1. The molecular weight excluding hydrogens is 280 g/mol. The average Bonchev–Trinajstić information content (AvgIpc) is 2.54. The van der Waals surface area contributed by atoms with Crippen molar-refractivity contribution in [1.82, 2.24) is 9.88 Å². The Hall–Kier alpha value is -1.98. The van der Waals surface area contributed by atoms with Crippen LogP contribution in [0.25, 0.3) is 10.9 Å². The minimum absolute atomic E-state index is 0.0533. The number of H-pyrrole nitrogens is 1. The molecule has 3 rings (SSSR count). The zero-order chi connectivity index (χ0) is 15.5. The first-order valence-electron chi connectivity index (χ1n) is 7.66. The van der Waals surface area contributed by atoms with E-state index in [2.05, 4.69) is 9.88 Å². The second-order valence-electron chi connectivity index (χ2n) is 5.59. The summed E-state index contributed by atoms with van der Waals surface area (Å²) in [4.78, 5) is 29.2. The lowest BCUT2D eigenvalue weighted by Crippen LogP contribution is -2.39. The third-order valence-electron chi connectivity index (χ3n) is 4.09. The summed E-state index contributed by atoms with van der Waals surface area (Å²) in [6, 6.07) is 7.34. The van der Waals surface area contributed by atoms with E-state index in [1.165, 1.54) is 0 Å². The fraction of sp³-hybridized carbons (Fsp3) is 0.412. The molecule has 2 heterocycles. The Morgan fingerprint density at radius 2 is 2.05 bits per heavy atom. The van der Waals surface area contributed by atoms with Crippen molar-refractivity contribution in [1.29, 1.82) is 0 Å². The van der Waals surface area contributed by atoms with Crippen LogP contribution in [-0.2, 0) is 11.2 Å². The molecule has 0 unspecified atom stereocenters. The van der Waals surface area contributed by atoms with Gasteiger partial charge in [0, 0.05) is 29.7 Å². The Morgan fingerprint density at radius 3 is 2.77 bits per heavy atom. The molecule has 1 aromatic carbocycles. The van der Waals surface area contributed by atoms with E-state index in [4.69, 9.17) is 4.74 Å². The largest absolute Gasteiger partial charge is 0.379 e. The highest BCUT2D eigenvalue weighted by atomic mass is 16.5. The highest BCUT2D eigenvalue weighted by Gasteiger charge is 2.15. The van der Waals surface area contributed by atoms with Gasteiger partial charge in [0.15, 0.2) is 5.78 Å². The van der Waals surface area contributed by atoms with Crippen LogP contribution in [0.5, 0.6) is 0 Å². The summed E-state index contributed by atoms with van der Waals surface area (Å²) >= 11 is 0. The Labute approximate surface area is 128 Å². The Bertz CT molecular complexity index is 745. The van der Waals surface area contributed by atoms with Crippen LogP contribution in [0.1, 0.15) is 22.8 Å². The summed E-state index contributed by atoms with van der Waals surface area (Å²) in [7, 11) is 0. The third kappa shape index (κ3) is 3.10. The van der Waals surface area contributed by atoms with Gasteiger partial charge in [0.05, 0.1) is 19.8 Å². The Kier molecular flexibility index (Phi) is 4.36. The van der Waals surface area contributed by atoms with Crippen LogP contribution in [0.2, 0.25) is 0 Å². The van der Waals surface area contributed by atoms with Gasteiger partial charge in [-0.25, -0.2) is 0 Å². The molecule has 22 heavy (non-hydrogen) atoms. The first kappa shape index (κ1) is 14.9. The van der Waals surface area contributed by atoms with Gasteiger partial charge >= 0.3 is 0 Å². The lowest BCUT2D eigenvalue weighted by Gasteiger charge is -2.25. The number of aromatic nitrogens is 1. The summed E-state index contributed by atoms with van der Waals surface area (Å²) in [6.07, 6.45) is 0.678. The van der Waals surface area contributed by atoms with Crippen LogP contribution < -0.4 is 5.56 Å². The van der Waals surface area contributed by atoms with Crippen molar-refractivity contribution in [3.05, 3.63) is 45.7 Å². The topological polar surface area (TPSA) is 62.4 Å². The normalized spacial score (nSPS) is 16.0. The van der Waals surface area contributed by atoms with Crippen molar-refractivity contribution in [3.63, 3.8) is 0 Å². The molecule has 0 spiro atoms. The van der Waals surface area contributed by atoms with E-state index in [1.807, 2.05) is 25.1 Å². The number of nitrogens with one attached hydrogen (secondary N) is 1. The van der Waals surface area contributed by atoms with Crippen LogP contribution in [0.3, 0.4) is 0 Å². The van der Waals surface area contributed by atoms with Gasteiger partial charge in [-0.2, -0.15) is 0 Å². The van der Waals surface area contributed by atoms with Crippen LogP contribution in [0, 0.1) is 0 Å². The number of ketones is 1. The van der Waals surface area contributed by atoms with Crippen molar-refractivity contribution in [2.75, 3.05) is 32.8 Å². The predicted molar refractivity (Wildman–Crippen MR) is 85.5 cm³/mol. The fourth-order valence-corrected chi connectivity index (χ4v) is 2.74. The molecule has 2 aromatic rings. The monoisotopic (exact) mass is 300 g/mol. The third-order valence-corrected chi connectivity index (χ3v) is 4.09. The van der Waals surface area contributed by atoms with Gasteiger partial charge in [-0.15, -0.1) is 0 Å². The molecule has 0 bridgehead atoms. The summed E-state index contributed by atoms with van der Waals surface area (Å²) in [5.41, 5.74) is 2.14. The molecule has 1 aromatic heterocycles. The van der Waals surface area contributed by atoms with Crippen LogP contribution in [0.4, 0.5) is 0 Å². The van der Waals surface area contributed by atoms with Crippen molar-refractivity contribution in [2.24, 2.45) is 0 Å². The Morgan fingerprint density at radius 1 is 1.27 bits per heavy atom. The summed E-state index contributed by atoms with van der Waals surface area (Å²) in [6.45, 7) is 5.33. The van der Waals surface area contributed by atoms with Gasteiger partial charge < -0.3 is 9.72 Å². The first-order chi connectivity index (χ1) is 10.7. The molecule has 1 N–H and O–H groups in total. The van der Waals surface area contributed by atoms with Crippen molar-refractivity contribution in [2.45, 2.75) is 13.3 Å². The smallest absolute Gasteiger partial charge is 0.251 e. The number of Topliss-reactive ketones (excluding diaryl/α,β-unsaturated/α-hetero) is 1. The molecule has 0 amide bonds. The van der Waals surface area contributed by atoms with Crippen LogP contribution in [0.15, 0.2) is 29.1 Å². The van der Waals surface area contributed by atoms with E-state index in [0.29, 0.717) is 31.7 Å². The number of aromatic amines is 1.